The highest BCUT2D eigenvalue weighted by molar-refractivity contribution is 5.92. The van der Waals surface area contributed by atoms with Gasteiger partial charge in [-0.05, 0) is 12.8 Å². The summed E-state index contributed by atoms with van der Waals surface area (Å²) in [5, 5.41) is 2.45. The van der Waals surface area contributed by atoms with E-state index in [0.29, 0.717) is 0 Å². The van der Waals surface area contributed by atoms with E-state index in [0.717, 1.165) is 34.2 Å². The van der Waals surface area contributed by atoms with Crippen molar-refractivity contribution in [3.63, 3.8) is 0 Å². The SMILES string of the molecule is COC(=O)C[C@@H](C(=O)OC)[C@H](NC(=O)C1CC1)C(=O)OC. The Bertz CT molecular complexity index is 430. The molecule has 1 aliphatic rings. The van der Waals surface area contributed by atoms with Gasteiger partial charge < -0.3 is 19.5 Å². The number of ether oxygens (including phenoxy) is 3. The van der Waals surface area contributed by atoms with Crippen molar-refractivity contribution in [2.45, 2.75) is 25.3 Å². The standard InChI is InChI=1S/C13H19NO7/c1-19-9(15)6-8(12(17)20-2)10(13(18)21-3)14-11(16)7-4-5-7/h7-8,10H,4-6H2,1-3H3,(H,14,16)/t8-,10+/m1/s1. The van der Waals surface area contributed by atoms with Gasteiger partial charge in [0.25, 0.3) is 0 Å². The molecule has 1 aliphatic carbocycles. The lowest BCUT2D eigenvalue weighted by Gasteiger charge is -2.23. The summed E-state index contributed by atoms with van der Waals surface area (Å²) in [6.07, 6.45) is 1.08. The third-order valence-corrected chi connectivity index (χ3v) is 3.22. The molecule has 21 heavy (non-hydrogen) atoms. The van der Waals surface area contributed by atoms with E-state index >= 15 is 0 Å². The first kappa shape index (κ1) is 16.9. The molecular formula is C13H19NO7. The lowest BCUT2D eigenvalue weighted by atomic mass is 9.95. The quantitative estimate of drug-likeness (QED) is 0.494. The van der Waals surface area contributed by atoms with Crippen LogP contribution in [0.3, 0.4) is 0 Å². The maximum Gasteiger partial charge on any atom is 0.329 e. The van der Waals surface area contributed by atoms with Gasteiger partial charge in [-0.25, -0.2) is 4.79 Å². The third-order valence-electron chi connectivity index (χ3n) is 3.22. The zero-order valence-electron chi connectivity index (χ0n) is 12.2. The zero-order chi connectivity index (χ0) is 16.0. The summed E-state index contributed by atoms with van der Waals surface area (Å²) in [4.78, 5) is 46.8. The average Bonchev–Trinajstić information content (AvgIpc) is 3.33. The van der Waals surface area contributed by atoms with Crippen molar-refractivity contribution in [1.29, 1.82) is 0 Å². The van der Waals surface area contributed by atoms with Gasteiger partial charge in [0.15, 0.2) is 0 Å². The van der Waals surface area contributed by atoms with Crippen LogP contribution in [0.4, 0.5) is 0 Å². The number of carbonyl (C=O) groups is 4. The van der Waals surface area contributed by atoms with E-state index in [4.69, 9.17) is 0 Å². The fourth-order valence-corrected chi connectivity index (χ4v) is 1.82. The lowest BCUT2D eigenvalue weighted by Crippen LogP contribution is -2.50. The van der Waals surface area contributed by atoms with Crippen molar-refractivity contribution in [1.82, 2.24) is 5.32 Å². The van der Waals surface area contributed by atoms with E-state index in [-0.39, 0.29) is 11.8 Å². The molecule has 0 aromatic rings. The van der Waals surface area contributed by atoms with Crippen molar-refractivity contribution in [2.24, 2.45) is 11.8 Å². The second-order valence-electron chi connectivity index (χ2n) is 4.69. The fourth-order valence-electron chi connectivity index (χ4n) is 1.82. The summed E-state index contributed by atoms with van der Waals surface area (Å²) < 4.78 is 13.7. The molecule has 1 rings (SSSR count). The average molecular weight is 301 g/mol. The van der Waals surface area contributed by atoms with Crippen LogP contribution >= 0.6 is 0 Å². The Hall–Kier alpha value is -2.12. The Morgan fingerprint density at radius 1 is 1.00 bits per heavy atom. The van der Waals surface area contributed by atoms with Crippen LogP contribution in [0.1, 0.15) is 19.3 Å². The van der Waals surface area contributed by atoms with Gasteiger partial charge in [0.05, 0.1) is 33.7 Å². The summed E-state index contributed by atoms with van der Waals surface area (Å²) in [5.41, 5.74) is 0. The molecule has 1 fully saturated rings. The van der Waals surface area contributed by atoms with E-state index in [1.807, 2.05) is 0 Å². The highest BCUT2D eigenvalue weighted by Crippen LogP contribution is 2.29. The molecule has 1 saturated carbocycles. The summed E-state index contributed by atoms with van der Waals surface area (Å²) in [6, 6.07) is -1.28. The molecule has 0 unspecified atom stereocenters. The van der Waals surface area contributed by atoms with E-state index in [9.17, 15) is 19.2 Å². The molecule has 0 aromatic carbocycles. The first-order chi connectivity index (χ1) is 9.94. The molecule has 0 saturated heterocycles. The van der Waals surface area contributed by atoms with Gasteiger partial charge in [-0.2, -0.15) is 0 Å². The van der Waals surface area contributed by atoms with Crippen LogP contribution in [-0.2, 0) is 33.4 Å². The molecule has 0 heterocycles. The molecule has 0 radical (unpaired) electrons. The number of rotatable bonds is 7. The van der Waals surface area contributed by atoms with Gasteiger partial charge in [-0.15, -0.1) is 0 Å². The number of carbonyl (C=O) groups excluding carboxylic acids is 4. The van der Waals surface area contributed by atoms with Gasteiger partial charge in [0.1, 0.15) is 6.04 Å². The summed E-state index contributed by atoms with van der Waals surface area (Å²) in [7, 11) is 3.42. The Labute approximate surface area is 122 Å². The molecule has 118 valence electrons. The second kappa shape index (κ2) is 7.61. The number of hydrogen-bond donors (Lipinski definition) is 1. The van der Waals surface area contributed by atoms with Crippen LogP contribution in [0.25, 0.3) is 0 Å². The van der Waals surface area contributed by atoms with E-state index in [2.05, 4.69) is 19.5 Å². The predicted octanol–water partition coefficient (Wildman–Crippen LogP) is -0.593. The zero-order valence-corrected chi connectivity index (χ0v) is 12.2. The van der Waals surface area contributed by atoms with E-state index in [1.54, 1.807) is 0 Å². The summed E-state index contributed by atoms with van der Waals surface area (Å²) in [6.45, 7) is 0. The first-order valence-electron chi connectivity index (χ1n) is 6.47. The van der Waals surface area contributed by atoms with Crippen molar-refractivity contribution in [3.05, 3.63) is 0 Å². The number of methoxy groups -OCH3 is 3. The summed E-state index contributed by atoms with van der Waals surface area (Å²) >= 11 is 0. The molecule has 0 aliphatic heterocycles. The van der Waals surface area contributed by atoms with Crippen LogP contribution < -0.4 is 5.32 Å². The minimum Gasteiger partial charge on any atom is -0.469 e. The van der Waals surface area contributed by atoms with Crippen molar-refractivity contribution in [2.75, 3.05) is 21.3 Å². The topological polar surface area (TPSA) is 108 Å². The molecule has 8 nitrogen and oxygen atoms in total. The van der Waals surface area contributed by atoms with Crippen molar-refractivity contribution in [3.8, 4) is 0 Å². The smallest absolute Gasteiger partial charge is 0.329 e. The predicted molar refractivity (Wildman–Crippen MR) is 68.8 cm³/mol. The normalized spacial score (nSPS) is 16.3. The van der Waals surface area contributed by atoms with Crippen LogP contribution in [0, 0.1) is 11.8 Å². The first-order valence-corrected chi connectivity index (χ1v) is 6.47. The van der Waals surface area contributed by atoms with Crippen LogP contribution in [-0.4, -0.2) is 51.2 Å². The van der Waals surface area contributed by atoms with Gasteiger partial charge in [-0.3, -0.25) is 14.4 Å². The minimum atomic E-state index is -1.28. The van der Waals surface area contributed by atoms with Crippen molar-refractivity contribution < 1.29 is 33.4 Å². The van der Waals surface area contributed by atoms with E-state index in [1.165, 1.54) is 0 Å². The van der Waals surface area contributed by atoms with Gasteiger partial charge in [-0.1, -0.05) is 0 Å². The maximum absolute atomic E-state index is 11.8. The largest absolute Gasteiger partial charge is 0.469 e. The highest BCUT2D eigenvalue weighted by atomic mass is 16.5. The molecule has 0 aromatic heterocycles. The lowest BCUT2D eigenvalue weighted by molar-refractivity contribution is -0.159. The molecule has 2 atom stereocenters. The van der Waals surface area contributed by atoms with Gasteiger partial charge in [0.2, 0.25) is 5.91 Å². The molecule has 0 bridgehead atoms. The molecule has 0 spiro atoms. The molecular weight excluding hydrogens is 282 g/mol. The van der Waals surface area contributed by atoms with Crippen LogP contribution in [0.5, 0.6) is 0 Å². The number of amides is 1. The number of nitrogens with one attached hydrogen (secondary N) is 1. The monoisotopic (exact) mass is 301 g/mol. The molecule has 8 heteroatoms. The van der Waals surface area contributed by atoms with E-state index < -0.39 is 36.3 Å². The highest BCUT2D eigenvalue weighted by Gasteiger charge is 2.41. The van der Waals surface area contributed by atoms with Crippen molar-refractivity contribution >= 4 is 23.8 Å². The second-order valence-corrected chi connectivity index (χ2v) is 4.69. The fraction of sp³-hybridized carbons (Fsp3) is 0.692. The Morgan fingerprint density at radius 3 is 2.00 bits per heavy atom. The van der Waals surface area contributed by atoms with Crippen LogP contribution in [0.2, 0.25) is 0 Å². The molecule has 1 amide bonds. The van der Waals surface area contributed by atoms with Gasteiger partial charge >= 0.3 is 17.9 Å². The Balaban J connectivity index is 2.91. The van der Waals surface area contributed by atoms with Crippen LogP contribution in [0.15, 0.2) is 0 Å². The minimum absolute atomic E-state index is 0.159. The van der Waals surface area contributed by atoms with Gasteiger partial charge in [0, 0.05) is 5.92 Å². The maximum atomic E-state index is 11.8. The number of esters is 3. The Kier molecular flexibility index (Phi) is 6.13. The number of hydrogen-bond acceptors (Lipinski definition) is 7. The Morgan fingerprint density at radius 2 is 1.57 bits per heavy atom. The third kappa shape index (κ3) is 4.73. The summed E-state index contributed by atoms with van der Waals surface area (Å²) in [5.74, 6) is -4.01. The molecule has 1 N–H and O–H groups in total.